The fraction of sp³-hybridized carbons (Fsp3) is 0.588. The van der Waals surface area contributed by atoms with Crippen LogP contribution >= 0.6 is 0 Å². The van der Waals surface area contributed by atoms with Gasteiger partial charge in [-0.25, -0.2) is 0 Å². The fourth-order valence-electron chi connectivity index (χ4n) is 2.83. The number of hydrogen-bond donors (Lipinski definition) is 0. The highest BCUT2D eigenvalue weighted by molar-refractivity contribution is 5.14. The van der Waals surface area contributed by atoms with E-state index in [0.717, 1.165) is 52.0 Å². The Morgan fingerprint density at radius 3 is 2.45 bits per heavy atom. The summed E-state index contributed by atoms with van der Waals surface area (Å²) in [7, 11) is 0. The Morgan fingerprint density at radius 1 is 1.15 bits per heavy atom. The van der Waals surface area contributed by atoms with Crippen LogP contribution in [-0.4, -0.2) is 48.6 Å². The largest absolute Gasteiger partial charge is 0.300 e. The number of benzene rings is 1. The van der Waals surface area contributed by atoms with Crippen LogP contribution in [0.1, 0.15) is 25.3 Å². The molecule has 1 fully saturated rings. The lowest BCUT2D eigenvalue weighted by molar-refractivity contribution is 0.111. The lowest BCUT2D eigenvalue weighted by atomic mass is 10.1. The Kier molecular flexibility index (Phi) is 6.04. The van der Waals surface area contributed by atoms with Crippen molar-refractivity contribution in [3.05, 3.63) is 35.9 Å². The summed E-state index contributed by atoms with van der Waals surface area (Å²) in [4.78, 5) is 4.87. The highest BCUT2D eigenvalue weighted by Gasteiger charge is 2.22. The molecule has 0 radical (unpaired) electrons. The summed E-state index contributed by atoms with van der Waals surface area (Å²) in [6, 6.07) is 13.3. The van der Waals surface area contributed by atoms with Gasteiger partial charge >= 0.3 is 0 Å². The molecule has 0 aromatic heterocycles. The minimum absolute atomic E-state index is 0.122. The summed E-state index contributed by atoms with van der Waals surface area (Å²) in [5.74, 6) is 0. The van der Waals surface area contributed by atoms with E-state index in [4.69, 9.17) is 0 Å². The number of hydrogen-bond acceptors (Lipinski definition) is 3. The van der Waals surface area contributed by atoms with E-state index in [1.165, 1.54) is 5.56 Å². The first-order chi connectivity index (χ1) is 9.83. The van der Waals surface area contributed by atoms with Gasteiger partial charge < -0.3 is 4.90 Å². The van der Waals surface area contributed by atoms with Crippen LogP contribution in [0.3, 0.4) is 0 Å². The van der Waals surface area contributed by atoms with Crippen molar-refractivity contribution in [2.24, 2.45) is 0 Å². The van der Waals surface area contributed by atoms with Crippen LogP contribution in [-0.2, 0) is 6.42 Å². The lowest BCUT2D eigenvalue weighted by Crippen LogP contribution is -2.50. The smallest absolute Gasteiger partial charge is 0.0978 e. The van der Waals surface area contributed by atoms with Crippen molar-refractivity contribution in [3.63, 3.8) is 0 Å². The van der Waals surface area contributed by atoms with Gasteiger partial charge in [0.05, 0.1) is 12.1 Å². The molecule has 3 nitrogen and oxygen atoms in total. The predicted octanol–water partition coefficient (Wildman–Crippen LogP) is 2.54. The second-order valence-electron chi connectivity index (χ2n) is 5.55. The molecule has 20 heavy (non-hydrogen) atoms. The third-order valence-corrected chi connectivity index (χ3v) is 4.12. The summed E-state index contributed by atoms with van der Waals surface area (Å²) in [6.45, 7) is 7.53. The second-order valence-corrected chi connectivity index (χ2v) is 5.55. The van der Waals surface area contributed by atoms with E-state index in [-0.39, 0.29) is 6.04 Å². The predicted molar refractivity (Wildman–Crippen MR) is 82.5 cm³/mol. The molecular weight excluding hydrogens is 246 g/mol. The molecule has 108 valence electrons. The summed E-state index contributed by atoms with van der Waals surface area (Å²) in [5.41, 5.74) is 1.41. The maximum Gasteiger partial charge on any atom is 0.0978 e. The van der Waals surface area contributed by atoms with E-state index >= 15 is 0 Å². The van der Waals surface area contributed by atoms with E-state index in [1.807, 2.05) is 0 Å². The highest BCUT2D eigenvalue weighted by Crippen LogP contribution is 2.11. The normalized spacial score (nSPS) is 18.6. The van der Waals surface area contributed by atoms with E-state index < -0.39 is 0 Å². The Balaban J connectivity index is 1.73. The zero-order chi connectivity index (χ0) is 14.2. The zero-order valence-electron chi connectivity index (χ0n) is 12.5. The van der Waals surface area contributed by atoms with Gasteiger partial charge in [0.15, 0.2) is 0 Å². The average molecular weight is 271 g/mol. The summed E-state index contributed by atoms with van der Waals surface area (Å²) >= 11 is 0. The van der Waals surface area contributed by atoms with E-state index in [2.05, 4.69) is 53.1 Å². The maximum absolute atomic E-state index is 9.22. The third-order valence-electron chi connectivity index (χ3n) is 4.12. The first kappa shape index (κ1) is 15.0. The van der Waals surface area contributed by atoms with Gasteiger partial charge in [-0.1, -0.05) is 43.7 Å². The molecule has 1 aliphatic heterocycles. The SMILES string of the molecule is CCCC(C#N)N1CCN(CCc2ccccc2)CC1. The highest BCUT2D eigenvalue weighted by atomic mass is 15.3. The summed E-state index contributed by atoms with van der Waals surface area (Å²) < 4.78 is 0. The van der Waals surface area contributed by atoms with Crippen LogP contribution in [0, 0.1) is 11.3 Å². The topological polar surface area (TPSA) is 30.3 Å². The molecule has 0 N–H and O–H groups in total. The Hall–Kier alpha value is -1.37. The third kappa shape index (κ3) is 4.33. The number of piperazine rings is 1. The van der Waals surface area contributed by atoms with Gasteiger partial charge in [-0.3, -0.25) is 4.90 Å². The van der Waals surface area contributed by atoms with Crippen LogP contribution in [0.15, 0.2) is 30.3 Å². The van der Waals surface area contributed by atoms with Crippen LogP contribution in [0.2, 0.25) is 0 Å². The van der Waals surface area contributed by atoms with E-state index in [9.17, 15) is 5.26 Å². The van der Waals surface area contributed by atoms with Crippen molar-refractivity contribution in [3.8, 4) is 6.07 Å². The van der Waals surface area contributed by atoms with Gasteiger partial charge in [0.2, 0.25) is 0 Å². The monoisotopic (exact) mass is 271 g/mol. The quantitative estimate of drug-likeness (QED) is 0.796. The molecule has 1 saturated heterocycles. The van der Waals surface area contributed by atoms with E-state index in [1.54, 1.807) is 0 Å². The van der Waals surface area contributed by atoms with Crippen molar-refractivity contribution in [1.29, 1.82) is 5.26 Å². The molecular formula is C17H25N3. The lowest BCUT2D eigenvalue weighted by Gasteiger charge is -2.36. The molecule has 3 heteroatoms. The second kappa shape index (κ2) is 8.04. The van der Waals surface area contributed by atoms with Crippen molar-refractivity contribution in [2.75, 3.05) is 32.7 Å². The van der Waals surface area contributed by atoms with Gasteiger partial charge in [-0.15, -0.1) is 0 Å². The molecule has 1 aromatic rings. The molecule has 1 atom stereocenters. The van der Waals surface area contributed by atoms with Gasteiger partial charge in [0.1, 0.15) is 0 Å². The van der Waals surface area contributed by atoms with Gasteiger partial charge in [0.25, 0.3) is 0 Å². The molecule has 0 bridgehead atoms. The molecule has 2 rings (SSSR count). The zero-order valence-corrected chi connectivity index (χ0v) is 12.5. The van der Waals surface area contributed by atoms with Gasteiger partial charge in [-0.2, -0.15) is 5.26 Å². The molecule has 1 aromatic carbocycles. The minimum Gasteiger partial charge on any atom is -0.300 e. The van der Waals surface area contributed by atoms with Crippen LogP contribution in [0.4, 0.5) is 0 Å². The Labute approximate surface area is 122 Å². The first-order valence-electron chi connectivity index (χ1n) is 7.73. The van der Waals surface area contributed by atoms with Crippen LogP contribution < -0.4 is 0 Å². The maximum atomic E-state index is 9.22. The number of nitrogens with zero attached hydrogens (tertiary/aromatic N) is 3. The standard InChI is InChI=1S/C17H25N3/c1-2-6-17(15-18)20-13-11-19(12-14-20)10-9-16-7-4-3-5-8-16/h3-5,7-8,17H,2,6,9-14H2,1H3. The fourth-order valence-corrected chi connectivity index (χ4v) is 2.83. The van der Waals surface area contributed by atoms with Crippen molar-refractivity contribution < 1.29 is 0 Å². The van der Waals surface area contributed by atoms with Crippen molar-refractivity contribution >= 4 is 0 Å². The van der Waals surface area contributed by atoms with Crippen molar-refractivity contribution in [1.82, 2.24) is 9.80 Å². The molecule has 1 unspecified atom stereocenters. The molecule has 0 aliphatic carbocycles. The molecule has 1 aliphatic rings. The summed E-state index contributed by atoms with van der Waals surface area (Å²) in [6.07, 6.45) is 3.21. The van der Waals surface area contributed by atoms with Gasteiger partial charge in [0, 0.05) is 32.7 Å². The molecule has 0 saturated carbocycles. The molecule has 0 amide bonds. The van der Waals surface area contributed by atoms with Gasteiger partial charge in [-0.05, 0) is 18.4 Å². The molecule has 1 heterocycles. The van der Waals surface area contributed by atoms with Crippen LogP contribution in [0.25, 0.3) is 0 Å². The number of rotatable bonds is 6. The summed E-state index contributed by atoms with van der Waals surface area (Å²) in [5, 5.41) is 9.22. The number of nitriles is 1. The minimum atomic E-state index is 0.122. The van der Waals surface area contributed by atoms with E-state index in [0.29, 0.717) is 0 Å². The van der Waals surface area contributed by atoms with Crippen molar-refractivity contribution in [2.45, 2.75) is 32.2 Å². The first-order valence-corrected chi connectivity index (χ1v) is 7.73. The molecule has 0 spiro atoms. The van der Waals surface area contributed by atoms with Crippen LogP contribution in [0.5, 0.6) is 0 Å². The Bertz CT molecular complexity index is 416. The Morgan fingerprint density at radius 2 is 1.85 bits per heavy atom. The average Bonchev–Trinajstić information content (AvgIpc) is 2.52.